The number of carbonyl (C=O) groups excluding carboxylic acids is 1. The first kappa shape index (κ1) is 21.5. The van der Waals surface area contributed by atoms with E-state index in [0.29, 0.717) is 12.0 Å². The van der Waals surface area contributed by atoms with E-state index in [-0.39, 0.29) is 5.92 Å². The quantitative estimate of drug-likeness (QED) is 0.721. The maximum atomic E-state index is 11.7. The molecule has 2 atom stereocenters. The molecule has 0 bridgehead atoms. The van der Waals surface area contributed by atoms with Crippen molar-refractivity contribution in [2.45, 2.75) is 24.9 Å². The van der Waals surface area contributed by atoms with Crippen LogP contribution in [0, 0.1) is 5.92 Å². The number of hydrogen-bond acceptors (Lipinski definition) is 4. The van der Waals surface area contributed by atoms with Crippen LogP contribution in [0.5, 0.6) is 0 Å². The summed E-state index contributed by atoms with van der Waals surface area (Å²) in [7, 11) is 4.07. The molecule has 1 aliphatic rings. The molecular formula is C24H33N3O2. The van der Waals surface area contributed by atoms with Crippen LogP contribution in [0.1, 0.15) is 34.3 Å². The predicted molar refractivity (Wildman–Crippen MR) is 117 cm³/mol. The van der Waals surface area contributed by atoms with Crippen LogP contribution in [0.4, 0.5) is 0 Å². The fourth-order valence-electron chi connectivity index (χ4n) is 4.41. The summed E-state index contributed by atoms with van der Waals surface area (Å²) in [5.74, 6) is -0.399. The number of likely N-dealkylation sites (tertiary alicyclic amines) is 1. The molecule has 2 aromatic carbocycles. The lowest BCUT2D eigenvalue weighted by atomic mass is 9.75. The Morgan fingerprint density at radius 3 is 2.66 bits per heavy atom. The van der Waals surface area contributed by atoms with Gasteiger partial charge in [0.1, 0.15) is 0 Å². The third kappa shape index (κ3) is 5.44. The Labute approximate surface area is 174 Å². The summed E-state index contributed by atoms with van der Waals surface area (Å²) in [5.41, 5.74) is 7.12. The third-order valence-corrected chi connectivity index (χ3v) is 5.98. The number of nitrogens with zero attached hydrogens (tertiary/aromatic N) is 2. The van der Waals surface area contributed by atoms with E-state index in [2.05, 4.69) is 34.1 Å². The fraction of sp³-hybridized carbons (Fsp3) is 0.458. The van der Waals surface area contributed by atoms with Gasteiger partial charge >= 0.3 is 0 Å². The minimum atomic E-state index is -0.953. The van der Waals surface area contributed by atoms with Crippen LogP contribution in [-0.4, -0.2) is 61.1 Å². The highest BCUT2D eigenvalue weighted by molar-refractivity contribution is 5.92. The van der Waals surface area contributed by atoms with Gasteiger partial charge in [-0.25, -0.2) is 0 Å². The molecule has 1 fully saturated rings. The second-order valence-corrected chi connectivity index (χ2v) is 8.47. The molecule has 1 heterocycles. The van der Waals surface area contributed by atoms with Gasteiger partial charge in [-0.15, -0.1) is 0 Å². The monoisotopic (exact) mass is 395 g/mol. The van der Waals surface area contributed by atoms with Crippen molar-refractivity contribution in [3.63, 3.8) is 0 Å². The maximum absolute atomic E-state index is 11.7. The van der Waals surface area contributed by atoms with E-state index in [1.54, 1.807) is 12.1 Å². The molecule has 156 valence electrons. The summed E-state index contributed by atoms with van der Waals surface area (Å²) < 4.78 is 0. The van der Waals surface area contributed by atoms with Crippen LogP contribution < -0.4 is 5.73 Å². The molecule has 0 saturated carbocycles. The maximum Gasteiger partial charge on any atom is 0.248 e. The van der Waals surface area contributed by atoms with Crippen LogP contribution in [0.15, 0.2) is 54.6 Å². The number of nitrogens with two attached hydrogens (primary N) is 1. The Kier molecular flexibility index (Phi) is 7.06. The molecule has 0 aliphatic carbocycles. The Bertz CT molecular complexity index is 809. The SMILES string of the molecule is CN(C)CC1CN(CCCc2ccccc2)CCC1(O)c1cccc(C(N)=O)c1. The van der Waals surface area contributed by atoms with Gasteiger partial charge in [-0.2, -0.15) is 0 Å². The number of benzene rings is 2. The first-order valence-electron chi connectivity index (χ1n) is 10.4. The fourth-order valence-corrected chi connectivity index (χ4v) is 4.41. The van der Waals surface area contributed by atoms with Gasteiger partial charge in [-0.05, 0) is 63.2 Å². The van der Waals surface area contributed by atoms with E-state index in [1.807, 2.05) is 32.3 Å². The number of piperidine rings is 1. The molecule has 3 N–H and O–H groups in total. The zero-order chi connectivity index (χ0) is 20.9. The molecule has 2 aromatic rings. The molecule has 5 heteroatoms. The summed E-state index contributed by atoms with van der Waals surface area (Å²) in [4.78, 5) is 16.2. The molecule has 0 aromatic heterocycles. The van der Waals surface area contributed by atoms with Gasteiger partial charge in [-0.3, -0.25) is 4.79 Å². The average molecular weight is 396 g/mol. The Morgan fingerprint density at radius 2 is 1.97 bits per heavy atom. The highest BCUT2D eigenvalue weighted by atomic mass is 16.3. The summed E-state index contributed by atoms with van der Waals surface area (Å²) in [6.07, 6.45) is 2.83. The van der Waals surface area contributed by atoms with E-state index >= 15 is 0 Å². The molecule has 0 radical (unpaired) electrons. The normalized spacial score (nSPS) is 22.7. The lowest BCUT2D eigenvalue weighted by Crippen LogP contribution is -2.53. The van der Waals surface area contributed by atoms with Gasteiger partial charge in [0.15, 0.2) is 0 Å². The Hall–Kier alpha value is -2.21. The predicted octanol–water partition coefficient (Wildman–Crippen LogP) is 2.49. The molecule has 1 aliphatic heterocycles. The number of amides is 1. The van der Waals surface area contributed by atoms with Gasteiger partial charge in [0.25, 0.3) is 0 Å². The van der Waals surface area contributed by atoms with E-state index < -0.39 is 11.5 Å². The van der Waals surface area contributed by atoms with E-state index in [9.17, 15) is 9.90 Å². The van der Waals surface area contributed by atoms with Crippen LogP contribution in [0.3, 0.4) is 0 Å². The highest BCUT2D eigenvalue weighted by Crippen LogP contribution is 2.38. The zero-order valence-corrected chi connectivity index (χ0v) is 17.6. The molecule has 29 heavy (non-hydrogen) atoms. The molecule has 5 nitrogen and oxygen atoms in total. The van der Waals surface area contributed by atoms with Crippen molar-refractivity contribution in [1.82, 2.24) is 9.80 Å². The van der Waals surface area contributed by atoms with Gasteiger partial charge in [0.05, 0.1) is 5.60 Å². The lowest BCUT2D eigenvalue weighted by molar-refractivity contribution is -0.0846. The van der Waals surface area contributed by atoms with Crippen LogP contribution in [-0.2, 0) is 12.0 Å². The molecule has 1 saturated heterocycles. The van der Waals surface area contributed by atoms with Crippen LogP contribution in [0.25, 0.3) is 0 Å². The largest absolute Gasteiger partial charge is 0.385 e. The van der Waals surface area contributed by atoms with Crippen molar-refractivity contribution in [1.29, 1.82) is 0 Å². The molecule has 1 amide bonds. The van der Waals surface area contributed by atoms with Crippen molar-refractivity contribution in [3.8, 4) is 0 Å². The Morgan fingerprint density at radius 1 is 1.21 bits per heavy atom. The van der Waals surface area contributed by atoms with Gasteiger partial charge in [0.2, 0.25) is 5.91 Å². The summed E-state index contributed by atoms with van der Waals surface area (Å²) in [6, 6.07) is 17.8. The third-order valence-electron chi connectivity index (χ3n) is 5.98. The molecule has 0 spiro atoms. The number of primary amides is 1. The first-order valence-corrected chi connectivity index (χ1v) is 10.4. The number of aryl methyl sites for hydroxylation is 1. The van der Waals surface area contributed by atoms with Crippen LogP contribution in [0.2, 0.25) is 0 Å². The smallest absolute Gasteiger partial charge is 0.248 e. The minimum Gasteiger partial charge on any atom is -0.385 e. The lowest BCUT2D eigenvalue weighted by Gasteiger charge is -2.46. The second-order valence-electron chi connectivity index (χ2n) is 8.47. The topological polar surface area (TPSA) is 69.8 Å². The number of hydrogen-bond donors (Lipinski definition) is 2. The summed E-state index contributed by atoms with van der Waals surface area (Å²) >= 11 is 0. The van der Waals surface area contributed by atoms with Crippen molar-refractivity contribution in [2.24, 2.45) is 11.7 Å². The zero-order valence-electron chi connectivity index (χ0n) is 17.6. The van der Waals surface area contributed by atoms with Crippen LogP contribution >= 0.6 is 0 Å². The minimum absolute atomic E-state index is 0.0612. The number of rotatable bonds is 8. The number of carbonyl (C=O) groups is 1. The van der Waals surface area contributed by atoms with Gasteiger partial charge in [-0.1, -0.05) is 42.5 Å². The van der Waals surface area contributed by atoms with E-state index in [4.69, 9.17) is 5.73 Å². The van der Waals surface area contributed by atoms with Crippen molar-refractivity contribution in [3.05, 3.63) is 71.3 Å². The van der Waals surface area contributed by atoms with Gasteiger partial charge in [0, 0.05) is 31.1 Å². The standard InChI is InChI=1S/C24H33N3O2/c1-26(2)17-22-18-27(14-7-10-19-8-4-3-5-9-19)15-13-24(22,29)21-12-6-11-20(16-21)23(25)28/h3-6,8-9,11-12,16,22,29H,7,10,13-15,17-18H2,1-2H3,(H2,25,28). The van der Waals surface area contributed by atoms with E-state index in [1.165, 1.54) is 5.56 Å². The van der Waals surface area contributed by atoms with Crippen molar-refractivity contribution >= 4 is 5.91 Å². The highest BCUT2D eigenvalue weighted by Gasteiger charge is 2.43. The average Bonchev–Trinajstić information content (AvgIpc) is 2.71. The second kappa shape index (κ2) is 9.53. The molecule has 2 unspecified atom stereocenters. The van der Waals surface area contributed by atoms with Crippen molar-refractivity contribution < 1.29 is 9.90 Å². The summed E-state index contributed by atoms with van der Waals surface area (Å²) in [5, 5.41) is 11.7. The molecule has 3 rings (SSSR count). The number of aliphatic hydroxyl groups is 1. The van der Waals surface area contributed by atoms with Crippen molar-refractivity contribution in [2.75, 3.05) is 40.3 Å². The first-order chi connectivity index (χ1) is 13.9. The molecular weight excluding hydrogens is 362 g/mol. The van der Waals surface area contributed by atoms with E-state index in [0.717, 1.165) is 44.6 Å². The Balaban J connectivity index is 1.69. The van der Waals surface area contributed by atoms with Gasteiger partial charge < -0.3 is 20.6 Å². The summed E-state index contributed by atoms with van der Waals surface area (Å²) in [6.45, 7) is 3.49.